The third-order valence-electron chi connectivity index (χ3n) is 6.35. The van der Waals surface area contributed by atoms with Crippen LogP contribution in [0.4, 0.5) is 5.82 Å². The van der Waals surface area contributed by atoms with Crippen LogP contribution in [0.2, 0.25) is 5.02 Å². The third kappa shape index (κ3) is 3.39. The van der Waals surface area contributed by atoms with Gasteiger partial charge in [0.2, 0.25) is 0 Å². The van der Waals surface area contributed by atoms with Gasteiger partial charge in [-0.25, -0.2) is 14.8 Å². The Hall–Kier alpha value is -2.07. The maximum atomic E-state index is 11.5. The quantitative estimate of drug-likeness (QED) is 0.566. The van der Waals surface area contributed by atoms with Gasteiger partial charge in [-0.05, 0) is 31.9 Å². The molecule has 0 aliphatic carbocycles. The van der Waals surface area contributed by atoms with Gasteiger partial charge in [0.25, 0.3) is 0 Å². The highest BCUT2D eigenvalue weighted by Gasteiger charge is 2.47. The maximum absolute atomic E-state index is 11.5. The molecule has 0 unspecified atom stereocenters. The molecule has 4 heterocycles. The molecular weight excluding hydrogens is 424 g/mol. The van der Waals surface area contributed by atoms with Crippen molar-refractivity contribution in [3.63, 3.8) is 0 Å². The van der Waals surface area contributed by atoms with Crippen molar-refractivity contribution in [1.29, 1.82) is 0 Å². The monoisotopic (exact) mass is 446 g/mol. The molecule has 3 aromatic rings. The minimum atomic E-state index is -0.277. The number of imidazole rings is 1. The SMILES string of the molecule is C[C@@H]1OCC2(CCN(c3cnc(Sc4ccc5[nH]c(=O)[nH]c5c4Cl)cn3)CC2)[C@@H]1N. The number of aromatic amines is 2. The van der Waals surface area contributed by atoms with Crippen LogP contribution in [0.3, 0.4) is 0 Å². The van der Waals surface area contributed by atoms with Gasteiger partial charge in [0, 0.05) is 29.4 Å². The summed E-state index contributed by atoms with van der Waals surface area (Å²) in [5.74, 6) is 0.867. The molecule has 2 aromatic heterocycles. The van der Waals surface area contributed by atoms with Crippen LogP contribution >= 0.6 is 23.4 Å². The molecule has 2 atom stereocenters. The van der Waals surface area contributed by atoms with E-state index in [0.717, 1.165) is 48.3 Å². The van der Waals surface area contributed by atoms with E-state index in [1.165, 1.54) is 11.8 Å². The number of hydrogen-bond acceptors (Lipinski definition) is 7. The molecule has 158 valence electrons. The molecular formula is C20H23ClN6O2S. The zero-order valence-electron chi connectivity index (χ0n) is 16.5. The van der Waals surface area contributed by atoms with Gasteiger partial charge in [-0.15, -0.1) is 0 Å². The van der Waals surface area contributed by atoms with Crippen LogP contribution in [0.5, 0.6) is 0 Å². The molecule has 0 radical (unpaired) electrons. The van der Waals surface area contributed by atoms with E-state index < -0.39 is 0 Å². The number of rotatable bonds is 3. The zero-order chi connectivity index (χ0) is 20.9. The van der Waals surface area contributed by atoms with Crippen molar-refractivity contribution in [2.45, 2.75) is 41.8 Å². The first-order chi connectivity index (χ1) is 14.4. The fourth-order valence-electron chi connectivity index (χ4n) is 4.42. The van der Waals surface area contributed by atoms with E-state index in [1.807, 2.05) is 12.1 Å². The number of nitrogens with one attached hydrogen (secondary N) is 2. The number of halogens is 1. The van der Waals surface area contributed by atoms with E-state index in [0.29, 0.717) is 16.1 Å². The minimum absolute atomic E-state index is 0.0910. The van der Waals surface area contributed by atoms with Crippen LogP contribution < -0.4 is 16.3 Å². The number of hydrogen-bond donors (Lipinski definition) is 3. The molecule has 2 aliphatic rings. The van der Waals surface area contributed by atoms with Crippen LogP contribution in [0.1, 0.15) is 19.8 Å². The number of benzene rings is 1. The molecule has 2 fully saturated rings. The Balaban J connectivity index is 1.28. The van der Waals surface area contributed by atoms with Crippen molar-refractivity contribution < 1.29 is 4.74 Å². The van der Waals surface area contributed by atoms with Crippen LogP contribution in [0.25, 0.3) is 11.0 Å². The number of ether oxygens (including phenoxy) is 1. The first-order valence-corrected chi connectivity index (χ1v) is 11.2. The second kappa shape index (κ2) is 7.56. The van der Waals surface area contributed by atoms with Crippen LogP contribution in [-0.2, 0) is 4.74 Å². The summed E-state index contributed by atoms with van der Waals surface area (Å²) in [5, 5.41) is 1.24. The molecule has 1 spiro atoms. The average molecular weight is 447 g/mol. The van der Waals surface area contributed by atoms with Gasteiger partial charge in [0.1, 0.15) is 10.8 Å². The largest absolute Gasteiger partial charge is 0.376 e. The van der Waals surface area contributed by atoms with E-state index in [2.05, 4.69) is 31.8 Å². The number of nitrogens with two attached hydrogens (primary N) is 1. The summed E-state index contributed by atoms with van der Waals surface area (Å²) in [6.45, 7) is 4.61. The molecule has 0 amide bonds. The predicted octanol–water partition coefficient (Wildman–Crippen LogP) is 2.78. The fourth-order valence-corrected chi connectivity index (χ4v) is 5.51. The number of H-pyrrole nitrogens is 2. The van der Waals surface area contributed by atoms with Crippen LogP contribution in [0, 0.1) is 5.41 Å². The summed E-state index contributed by atoms with van der Waals surface area (Å²) in [4.78, 5) is 29.2. The van der Waals surface area contributed by atoms with E-state index in [-0.39, 0.29) is 23.3 Å². The standard InChI is InChI=1S/C20H23ClN6O2S/c1-11-18(22)20(10-29-11)4-6-27(7-5-20)14-8-24-15(9-23-14)30-13-3-2-12-17(16(13)21)26-19(28)25-12/h2-3,8-9,11,18H,4-7,10,22H2,1H3,(H2,25,26,28)/t11-,18+/m0/s1. The summed E-state index contributed by atoms with van der Waals surface area (Å²) in [7, 11) is 0. The average Bonchev–Trinajstić information content (AvgIpc) is 3.27. The van der Waals surface area contributed by atoms with Crippen molar-refractivity contribution in [1.82, 2.24) is 19.9 Å². The van der Waals surface area contributed by atoms with Gasteiger partial charge < -0.3 is 25.3 Å². The summed E-state index contributed by atoms with van der Waals surface area (Å²) in [6.07, 6.45) is 5.70. The molecule has 8 nitrogen and oxygen atoms in total. The molecule has 30 heavy (non-hydrogen) atoms. The number of piperidine rings is 1. The zero-order valence-corrected chi connectivity index (χ0v) is 18.1. The summed E-state index contributed by atoms with van der Waals surface area (Å²) in [6, 6.07) is 3.79. The first-order valence-electron chi connectivity index (χ1n) is 9.98. The van der Waals surface area contributed by atoms with Gasteiger partial charge >= 0.3 is 5.69 Å². The lowest BCUT2D eigenvalue weighted by Gasteiger charge is -2.41. The van der Waals surface area contributed by atoms with Crippen molar-refractivity contribution >= 4 is 40.2 Å². The van der Waals surface area contributed by atoms with Gasteiger partial charge in [-0.3, -0.25) is 0 Å². The Morgan fingerprint density at radius 3 is 2.73 bits per heavy atom. The normalized spacial score (nSPS) is 23.5. The number of anilines is 1. The smallest absolute Gasteiger partial charge is 0.323 e. The first kappa shape index (κ1) is 19.9. The molecule has 5 rings (SSSR count). The van der Waals surface area contributed by atoms with E-state index >= 15 is 0 Å². The molecule has 10 heteroatoms. The highest BCUT2D eigenvalue weighted by Crippen LogP contribution is 2.42. The Morgan fingerprint density at radius 2 is 2.07 bits per heavy atom. The predicted molar refractivity (Wildman–Crippen MR) is 117 cm³/mol. The van der Waals surface area contributed by atoms with Gasteiger partial charge in [-0.1, -0.05) is 23.4 Å². The van der Waals surface area contributed by atoms with Crippen molar-refractivity contribution in [3.05, 3.63) is 40.0 Å². The third-order valence-corrected chi connectivity index (χ3v) is 7.84. The Labute approximate surface area is 182 Å². The van der Waals surface area contributed by atoms with E-state index in [4.69, 9.17) is 22.1 Å². The molecule has 0 bridgehead atoms. The highest BCUT2D eigenvalue weighted by molar-refractivity contribution is 7.99. The van der Waals surface area contributed by atoms with E-state index in [9.17, 15) is 4.79 Å². The number of fused-ring (bicyclic) bond motifs is 1. The topological polar surface area (TPSA) is 113 Å². The second-order valence-electron chi connectivity index (χ2n) is 8.09. The Bertz CT molecular complexity index is 1120. The molecule has 1 aromatic carbocycles. The highest BCUT2D eigenvalue weighted by atomic mass is 35.5. The lowest BCUT2D eigenvalue weighted by molar-refractivity contribution is 0.0974. The lowest BCUT2D eigenvalue weighted by Crippen LogP contribution is -2.50. The van der Waals surface area contributed by atoms with Crippen molar-refractivity contribution in [3.8, 4) is 0 Å². The lowest BCUT2D eigenvalue weighted by atomic mass is 9.73. The summed E-state index contributed by atoms with van der Waals surface area (Å²) in [5.41, 5.74) is 7.50. The number of nitrogens with zero attached hydrogens (tertiary/aromatic N) is 3. The minimum Gasteiger partial charge on any atom is -0.376 e. The van der Waals surface area contributed by atoms with Crippen molar-refractivity contribution in [2.75, 3.05) is 24.6 Å². The van der Waals surface area contributed by atoms with Crippen LogP contribution in [0.15, 0.2) is 39.2 Å². The molecule has 0 saturated carbocycles. The van der Waals surface area contributed by atoms with Crippen molar-refractivity contribution in [2.24, 2.45) is 11.1 Å². The van der Waals surface area contributed by atoms with Crippen LogP contribution in [-0.4, -0.2) is 51.8 Å². The van der Waals surface area contributed by atoms with E-state index in [1.54, 1.807) is 12.4 Å². The Kier molecular flexibility index (Phi) is 5.01. The Morgan fingerprint density at radius 1 is 1.27 bits per heavy atom. The second-order valence-corrected chi connectivity index (χ2v) is 9.53. The van der Waals surface area contributed by atoms with Gasteiger partial charge in [-0.2, -0.15) is 0 Å². The molecule has 2 aliphatic heterocycles. The molecule has 4 N–H and O–H groups in total. The fraction of sp³-hybridized carbons (Fsp3) is 0.450. The summed E-state index contributed by atoms with van der Waals surface area (Å²) < 4.78 is 5.80. The summed E-state index contributed by atoms with van der Waals surface area (Å²) >= 11 is 7.87. The molecule has 2 saturated heterocycles. The van der Waals surface area contributed by atoms with Gasteiger partial charge in [0.15, 0.2) is 0 Å². The maximum Gasteiger partial charge on any atom is 0.323 e. The number of aromatic nitrogens is 4. The van der Waals surface area contributed by atoms with Gasteiger partial charge in [0.05, 0.1) is 41.2 Å².